The number of carbonyl (C=O) groups excluding carboxylic acids is 1. The fraction of sp³-hybridized carbons (Fsp3) is 0.304. The number of nitrogens with zero attached hydrogens (tertiary/aromatic N) is 4. The number of hydrogen-bond donors (Lipinski definition) is 2. The topological polar surface area (TPSA) is 120 Å². The maximum Gasteiger partial charge on any atom is 0.222 e. The molecule has 1 fully saturated rings. The van der Waals surface area contributed by atoms with Gasteiger partial charge in [-0.05, 0) is 31.0 Å². The fourth-order valence-electron chi connectivity index (χ4n) is 4.00. The lowest BCUT2D eigenvalue weighted by molar-refractivity contribution is 0.0989. The summed E-state index contributed by atoms with van der Waals surface area (Å²) < 4.78 is 19.9. The van der Waals surface area contributed by atoms with Gasteiger partial charge in [0, 0.05) is 61.5 Å². The molecule has 0 spiro atoms. The van der Waals surface area contributed by atoms with Gasteiger partial charge in [0.1, 0.15) is 11.4 Å². The number of carbonyl (C=O) groups is 1. The Morgan fingerprint density at radius 3 is 2.97 bits per heavy atom. The minimum Gasteiger partial charge on any atom is -0.481 e. The quantitative estimate of drug-likeness (QED) is 0.566. The number of anilines is 2. The molecule has 4 rings (SSSR count). The van der Waals surface area contributed by atoms with Crippen molar-refractivity contribution in [1.29, 1.82) is 0 Å². The van der Waals surface area contributed by atoms with E-state index in [0.717, 1.165) is 36.7 Å². The molecular weight excluding hydrogens is 411 g/mol. The van der Waals surface area contributed by atoms with E-state index >= 15 is 0 Å². The van der Waals surface area contributed by atoms with Gasteiger partial charge >= 0.3 is 0 Å². The van der Waals surface area contributed by atoms with Crippen LogP contribution in [0.2, 0.25) is 0 Å². The second kappa shape index (κ2) is 9.27. The highest BCUT2D eigenvalue weighted by Gasteiger charge is 2.23. The molecule has 0 unspecified atom stereocenters. The third-order valence-electron chi connectivity index (χ3n) is 5.52. The van der Waals surface area contributed by atoms with Crippen molar-refractivity contribution in [2.75, 3.05) is 30.8 Å². The van der Waals surface area contributed by atoms with Gasteiger partial charge in [-0.3, -0.25) is 9.78 Å². The molecule has 1 atom stereocenters. The number of hydrogen-bond acceptors (Lipinski definition) is 8. The van der Waals surface area contributed by atoms with Crippen LogP contribution in [0.4, 0.5) is 15.8 Å². The van der Waals surface area contributed by atoms with Crippen molar-refractivity contribution in [3.63, 3.8) is 0 Å². The normalized spacial score (nSPS) is 16.1. The number of piperidine rings is 1. The number of aromatic nitrogens is 3. The van der Waals surface area contributed by atoms with Crippen molar-refractivity contribution in [1.82, 2.24) is 15.0 Å². The van der Waals surface area contributed by atoms with E-state index in [1.807, 2.05) is 6.07 Å². The van der Waals surface area contributed by atoms with Gasteiger partial charge in [-0.1, -0.05) is 0 Å². The van der Waals surface area contributed by atoms with Crippen LogP contribution in [0.5, 0.6) is 5.88 Å². The first-order valence-corrected chi connectivity index (χ1v) is 10.4. The SMILES string of the molecule is COc1ncccc1-c1nc(C(=O)Cc2cnccc2N2CCC[C@H](N)C2)c(N)cc1F. The molecule has 32 heavy (non-hydrogen) atoms. The van der Waals surface area contributed by atoms with E-state index < -0.39 is 5.82 Å². The number of Topliss-reactive ketones (excluding diaryl/α,β-unsaturated/α-hetero) is 1. The Bertz CT molecular complexity index is 1140. The fourth-order valence-corrected chi connectivity index (χ4v) is 4.00. The molecule has 0 aromatic carbocycles. The van der Waals surface area contributed by atoms with Crippen LogP contribution < -0.4 is 21.1 Å². The smallest absolute Gasteiger partial charge is 0.222 e. The predicted octanol–water partition coefficient (Wildman–Crippen LogP) is 2.62. The molecule has 1 aliphatic heterocycles. The highest BCUT2D eigenvalue weighted by molar-refractivity contribution is 6.01. The standard InChI is InChI=1S/C23H25FN6O2/c1-32-23-16(5-2-7-28-23)21-17(24)11-18(26)22(29-21)20(31)10-14-12-27-8-6-19(14)30-9-3-4-15(25)13-30/h2,5-8,11-12,15H,3-4,9-10,13,25-26H2,1H3/t15-/m0/s1. The molecule has 4 N–H and O–H groups in total. The minimum absolute atomic E-state index is 0.00236. The summed E-state index contributed by atoms with van der Waals surface area (Å²) in [7, 11) is 1.43. The van der Waals surface area contributed by atoms with Gasteiger partial charge in [0.25, 0.3) is 0 Å². The van der Waals surface area contributed by atoms with Crippen molar-refractivity contribution in [3.8, 4) is 17.1 Å². The summed E-state index contributed by atoms with van der Waals surface area (Å²) in [5, 5.41) is 0. The van der Waals surface area contributed by atoms with Crippen molar-refractivity contribution < 1.29 is 13.9 Å². The lowest BCUT2D eigenvalue weighted by atomic mass is 10.0. The van der Waals surface area contributed by atoms with Gasteiger partial charge in [0.2, 0.25) is 5.88 Å². The Labute approximate surface area is 185 Å². The van der Waals surface area contributed by atoms with Crippen LogP contribution in [0.25, 0.3) is 11.3 Å². The van der Waals surface area contributed by atoms with Gasteiger partial charge < -0.3 is 21.1 Å². The van der Waals surface area contributed by atoms with E-state index in [0.29, 0.717) is 12.1 Å². The molecule has 0 radical (unpaired) electrons. The Morgan fingerprint density at radius 2 is 2.19 bits per heavy atom. The highest BCUT2D eigenvalue weighted by atomic mass is 19.1. The van der Waals surface area contributed by atoms with Crippen molar-refractivity contribution >= 4 is 17.2 Å². The summed E-state index contributed by atoms with van der Waals surface area (Å²) in [6, 6.07) is 6.35. The van der Waals surface area contributed by atoms with Gasteiger partial charge in [0.05, 0.1) is 18.4 Å². The van der Waals surface area contributed by atoms with Gasteiger partial charge in [0.15, 0.2) is 11.6 Å². The summed E-state index contributed by atoms with van der Waals surface area (Å²) in [5.41, 5.74) is 14.0. The maximum atomic E-state index is 14.7. The summed E-state index contributed by atoms with van der Waals surface area (Å²) in [6.07, 6.45) is 6.88. The van der Waals surface area contributed by atoms with Crippen molar-refractivity contribution in [2.24, 2.45) is 5.73 Å². The number of pyridine rings is 3. The second-order valence-electron chi connectivity index (χ2n) is 7.77. The Balaban J connectivity index is 1.67. The third-order valence-corrected chi connectivity index (χ3v) is 5.52. The zero-order valence-corrected chi connectivity index (χ0v) is 17.8. The van der Waals surface area contributed by atoms with Crippen molar-refractivity contribution in [2.45, 2.75) is 25.3 Å². The monoisotopic (exact) mass is 436 g/mol. The predicted molar refractivity (Wildman–Crippen MR) is 120 cm³/mol. The molecule has 4 heterocycles. The molecule has 0 bridgehead atoms. The summed E-state index contributed by atoms with van der Waals surface area (Å²) in [5.74, 6) is -0.782. The molecule has 0 amide bonds. The number of ether oxygens (including phenoxy) is 1. The Kier molecular flexibility index (Phi) is 6.27. The summed E-state index contributed by atoms with van der Waals surface area (Å²) in [4.78, 5) is 27.9. The number of halogens is 1. The van der Waals surface area contributed by atoms with Crippen LogP contribution in [-0.2, 0) is 6.42 Å². The molecular formula is C23H25FN6O2. The lowest BCUT2D eigenvalue weighted by Crippen LogP contribution is -2.43. The highest BCUT2D eigenvalue weighted by Crippen LogP contribution is 2.31. The molecule has 1 aliphatic rings. The van der Waals surface area contributed by atoms with Crippen LogP contribution in [0, 0.1) is 5.82 Å². The van der Waals surface area contributed by atoms with Crippen molar-refractivity contribution in [3.05, 3.63) is 59.9 Å². The Hall–Kier alpha value is -3.59. The second-order valence-corrected chi connectivity index (χ2v) is 7.77. The molecule has 0 saturated carbocycles. The summed E-state index contributed by atoms with van der Waals surface area (Å²) >= 11 is 0. The summed E-state index contributed by atoms with van der Waals surface area (Å²) in [6.45, 7) is 1.58. The molecule has 3 aromatic heterocycles. The molecule has 1 saturated heterocycles. The third kappa shape index (κ3) is 4.38. The Morgan fingerprint density at radius 1 is 1.34 bits per heavy atom. The number of rotatable bonds is 6. The molecule has 9 heteroatoms. The van der Waals surface area contributed by atoms with E-state index in [-0.39, 0.29) is 41.2 Å². The molecule has 8 nitrogen and oxygen atoms in total. The maximum absolute atomic E-state index is 14.7. The first-order valence-electron chi connectivity index (χ1n) is 10.4. The zero-order chi connectivity index (χ0) is 22.7. The minimum atomic E-state index is -0.658. The van der Waals surface area contributed by atoms with Gasteiger partial charge in [-0.2, -0.15) is 0 Å². The largest absolute Gasteiger partial charge is 0.481 e. The number of methoxy groups -OCH3 is 1. The van der Waals surface area contributed by atoms with Gasteiger partial charge in [-0.15, -0.1) is 0 Å². The first-order chi connectivity index (χ1) is 15.5. The van der Waals surface area contributed by atoms with E-state index in [4.69, 9.17) is 16.2 Å². The number of ketones is 1. The van der Waals surface area contributed by atoms with E-state index in [1.54, 1.807) is 24.5 Å². The van der Waals surface area contributed by atoms with Crippen LogP contribution in [0.15, 0.2) is 42.9 Å². The molecule has 0 aliphatic carbocycles. The average Bonchev–Trinajstić information content (AvgIpc) is 2.79. The zero-order valence-electron chi connectivity index (χ0n) is 17.8. The number of nitrogen functional groups attached to an aromatic ring is 1. The van der Waals surface area contributed by atoms with Crippen LogP contribution in [0.3, 0.4) is 0 Å². The van der Waals surface area contributed by atoms with Crippen LogP contribution in [-0.4, -0.2) is 47.0 Å². The molecule has 3 aromatic rings. The first kappa shape index (κ1) is 21.6. The average molecular weight is 436 g/mol. The number of nitrogens with two attached hydrogens (primary N) is 2. The van der Waals surface area contributed by atoms with Crippen LogP contribution >= 0.6 is 0 Å². The van der Waals surface area contributed by atoms with E-state index in [9.17, 15) is 9.18 Å². The van der Waals surface area contributed by atoms with E-state index in [2.05, 4.69) is 19.9 Å². The van der Waals surface area contributed by atoms with E-state index in [1.165, 1.54) is 13.3 Å². The lowest BCUT2D eigenvalue weighted by Gasteiger charge is -2.33. The van der Waals surface area contributed by atoms with Crippen LogP contribution in [0.1, 0.15) is 28.9 Å². The van der Waals surface area contributed by atoms with Gasteiger partial charge in [-0.25, -0.2) is 14.4 Å². The molecule has 166 valence electrons.